The Bertz CT molecular complexity index is 1510. The molecular weight excluding hydrogens is 504 g/mol. The molecule has 3 aromatic carbocycles. The molecule has 1 saturated heterocycles. The van der Waals surface area contributed by atoms with Crippen molar-refractivity contribution in [2.75, 3.05) is 41.8 Å². The highest BCUT2D eigenvalue weighted by atomic mass is 35.5. The molecule has 37 heavy (non-hydrogen) atoms. The lowest BCUT2D eigenvalue weighted by molar-refractivity contribution is 0.103. The minimum absolute atomic E-state index is 0.0970. The van der Waals surface area contributed by atoms with Gasteiger partial charge in [-0.3, -0.25) is 9.78 Å². The number of aromatic nitrogens is 2. The highest BCUT2D eigenvalue weighted by Gasteiger charge is 2.20. The maximum Gasteiger partial charge on any atom is 0.323 e. The molecule has 2 N–H and O–H groups in total. The van der Waals surface area contributed by atoms with Crippen LogP contribution in [0.25, 0.3) is 11.0 Å². The molecule has 0 bridgehead atoms. The van der Waals surface area contributed by atoms with Crippen LogP contribution in [0.4, 0.5) is 30.8 Å². The van der Waals surface area contributed by atoms with Crippen molar-refractivity contribution in [3.8, 4) is 0 Å². The third kappa shape index (κ3) is 5.35. The molecule has 0 saturated carbocycles. The molecule has 8 nitrogen and oxygen atoms in total. The third-order valence-electron chi connectivity index (χ3n) is 5.80. The Kier molecular flexibility index (Phi) is 6.93. The second kappa shape index (κ2) is 10.5. The van der Waals surface area contributed by atoms with Crippen molar-refractivity contribution in [3.05, 3.63) is 88.6 Å². The predicted molar refractivity (Wildman–Crippen MR) is 136 cm³/mol. The molecule has 4 aromatic rings. The van der Waals surface area contributed by atoms with Crippen molar-refractivity contribution in [3.63, 3.8) is 0 Å². The Hall–Kier alpha value is -4.15. The number of fused-ring (bicyclic) bond motifs is 1. The monoisotopic (exact) mass is 523 g/mol. The topological polar surface area (TPSA) is 96.5 Å². The van der Waals surface area contributed by atoms with Crippen LogP contribution in [0, 0.1) is 11.6 Å². The van der Waals surface area contributed by atoms with E-state index in [-0.39, 0.29) is 27.5 Å². The van der Waals surface area contributed by atoms with Crippen molar-refractivity contribution in [2.24, 2.45) is 0 Å². The summed E-state index contributed by atoms with van der Waals surface area (Å²) < 4.78 is 34.3. The standard InChI is InChI=1S/C26H20ClF2N5O3/c27-18-6-5-16(13-19(18)28)31-26(36)33-21-3-1-2-17(24(21)29)25(35)15-4-7-20-22(12-15)32-23(14-30-20)34-8-10-37-11-9-34/h1-7,12-14H,8-11H2,(H2,31,33,36). The van der Waals surface area contributed by atoms with Gasteiger partial charge in [-0.25, -0.2) is 18.6 Å². The number of rotatable bonds is 5. The first-order valence-electron chi connectivity index (χ1n) is 11.3. The zero-order valence-corrected chi connectivity index (χ0v) is 20.1. The van der Waals surface area contributed by atoms with Crippen LogP contribution < -0.4 is 15.5 Å². The Balaban J connectivity index is 1.36. The number of ketones is 1. The third-order valence-corrected chi connectivity index (χ3v) is 6.10. The lowest BCUT2D eigenvalue weighted by Gasteiger charge is -2.27. The summed E-state index contributed by atoms with van der Waals surface area (Å²) in [5, 5.41) is 4.64. The molecule has 1 fully saturated rings. The molecule has 188 valence electrons. The van der Waals surface area contributed by atoms with E-state index in [1.807, 2.05) is 4.90 Å². The Morgan fingerprint density at radius 1 is 0.973 bits per heavy atom. The molecule has 1 aliphatic heterocycles. The molecule has 11 heteroatoms. The lowest BCUT2D eigenvalue weighted by Crippen LogP contribution is -2.36. The van der Waals surface area contributed by atoms with Gasteiger partial charge in [0, 0.05) is 24.3 Å². The maximum absolute atomic E-state index is 15.3. The van der Waals surface area contributed by atoms with Crippen molar-refractivity contribution >= 4 is 51.6 Å². The minimum Gasteiger partial charge on any atom is -0.378 e. The van der Waals surface area contributed by atoms with Gasteiger partial charge in [-0.1, -0.05) is 17.7 Å². The number of hydrogen-bond donors (Lipinski definition) is 2. The highest BCUT2D eigenvalue weighted by molar-refractivity contribution is 6.30. The number of carbonyl (C=O) groups is 2. The number of halogens is 3. The van der Waals surface area contributed by atoms with Crippen LogP contribution in [-0.2, 0) is 4.74 Å². The highest BCUT2D eigenvalue weighted by Crippen LogP contribution is 2.24. The molecule has 1 aliphatic rings. The smallest absolute Gasteiger partial charge is 0.323 e. The molecule has 0 radical (unpaired) electrons. The van der Waals surface area contributed by atoms with Gasteiger partial charge in [0.25, 0.3) is 0 Å². The minimum atomic E-state index is -0.904. The van der Waals surface area contributed by atoms with E-state index in [2.05, 4.69) is 20.6 Å². The predicted octanol–water partition coefficient (Wildman–Crippen LogP) is 5.27. The number of ether oxygens (including phenoxy) is 1. The molecule has 0 unspecified atom stereocenters. The van der Waals surface area contributed by atoms with Crippen LogP contribution in [0.1, 0.15) is 15.9 Å². The number of nitrogens with one attached hydrogen (secondary N) is 2. The fourth-order valence-electron chi connectivity index (χ4n) is 3.91. The summed E-state index contributed by atoms with van der Waals surface area (Å²) in [4.78, 5) is 36.6. The van der Waals surface area contributed by atoms with Gasteiger partial charge in [-0.2, -0.15) is 0 Å². The van der Waals surface area contributed by atoms with Gasteiger partial charge in [-0.15, -0.1) is 0 Å². The van der Waals surface area contributed by atoms with Crippen LogP contribution in [0.5, 0.6) is 0 Å². The van der Waals surface area contributed by atoms with Crippen LogP contribution >= 0.6 is 11.6 Å². The number of morpholine rings is 1. The average molecular weight is 524 g/mol. The van der Waals surface area contributed by atoms with Crippen molar-refractivity contribution in [1.29, 1.82) is 0 Å². The van der Waals surface area contributed by atoms with E-state index in [4.69, 9.17) is 16.3 Å². The SMILES string of the molecule is O=C(Nc1ccc(Cl)c(F)c1)Nc1cccc(C(=O)c2ccc3ncc(N4CCOCC4)nc3c2)c1F. The Labute approximate surface area is 215 Å². The summed E-state index contributed by atoms with van der Waals surface area (Å²) in [6.07, 6.45) is 1.67. The van der Waals surface area contributed by atoms with Gasteiger partial charge < -0.3 is 20.3 Å². The number of benzene rings is 3. The van der Waals surface area contributed by atoms with Crippen LogP contribution in [-0.4, -0.2) is 48.1 Å². The summed E-state index contributed by atoms with van der Waals surface area (Å²) in [6.45, 7) is 2.56. The number of carbonyl (C=O) groups excluding carboxylic acids is 2. The first kappa shape index (κ1) is 24.5. The number of hydrogen-bond acceptors (Lipinski definition) is 6. The van der Waals surface area contributed by atoms with E-state index < -0.39 is 23.4 Å². The molecule has 1 aromatic heterocycles. The summed E-state index contributed by atoms with van der Waals surface area (Å²) in [5.41, 5.74) is 0.998. The normalized spacial score (nSPS) is 13.4. The first-order valence-corrected chi connectivity index (χ1v) is 11.7. The summed E-state index contributed by atoms with van der Waals surface area (Å²) in [6, 6.07) is 11.8. The van der Waals surface area contributed by atoms with Gasteiger partial charge in [0.2, 0.25) is 0 Å². The largest absolute Gasteiger partial charge is 0.378 e. The van der Waals surface area contributed by atoms with E-state index in [0.717, 1.165) is 6.07 Å². The molecule has 2 heterocycles. The molecule has 0 atom stereocenters. The molecule has 0 spiro atoms. The number of nitrogens with zero attached hydrogens (tertiary/aromatic N) is 3. The molecule has 0 aliphatic carbocycles. The Morgan fingerprint density at radius 3 is 2.57 bits per heavy atom. The Morgan fingerprint density at radius 2 is 1.78 bits per heavy atom. The number of amides is 2. The quantitative estimate of drug-likeness (QED) is 0.346. The van der Waals surface area contributed by atoms with Gasteiger partial charge in [0.05, 0.1) is 46.7 Å². The van der Waals surface area contributed by atoms with E-state index in [9.17, 15) is 14.0 Å². The van der Waals surface area contributed by atoms with Gasteiger partial charge in [0.15, 0.2) is 11.6 Å². The van der Waals surface area contributed by atoms with Crippen LogP contribution in [0.3, 0.4) is 0 Å². The van der Waals surface area contributed by atoms with Crippen LogP contribution in [0.15, 0.2) is 60.8 Å². The second-order valence-electron chi connectivity index (χ2n) is 8.24. The molecular formula is C26H20ClF2N5O3. The fraction of sp³-hybridized carbons (Fsp3) is 0.154. The second-order valence-corrected chi connectivity index (χ2v) is 8.64. The van der Waals surface area contributed by atoms with Crippen LogP contribution in [0.2, 0.25) is 5.02 Å². The van der Waals surface area contributed by atoms with Crippen molar-refractivity contribution in [1.82, 2.24) is 9.97 Å². The van der Waals surface area contributed by atoms with Gasteiger partial charge in [-0.05, 0) is 48.5 Å². The summed E-state index contributed by atoms with van der Waals surface area (Å²) >= 11 is 5.64. The number of urea groups is 1. The molecule has 2 amide bonds. The van der Waals surface area contributed by atoms with Gasteiger partial charge in [0.1, 0.15) is 11.6 Å². The lowest BCUT2D eigenvalue weighted by atomic mass is 10.0. The molecule has 5 rings (SSSR count). The van der Waals surface area contributed by atoms with Gasteiger partial charge >= 0.3 is 6.03 Å². The van der Waals surface area contributed by atoms with E-state index in [1.54, 1.807) is 24.4 Å². The number of anilines is 3. The zero-order chi connectivity index (χ0) is 25.9. The fourth-order valence-corrected chi connectivity index (χ4v) is 4.02. The zero-order valence-electron chi connectivity index (χ0n) is 19.3. The van der Waals surface area contributed by atoms with Crippen molar-refractivity contribution in [2.45, 2.75) is 0 Å². The van der Waals surface area contributed by atoms with E-state index >= 15 is 4.39 Å². The van der Waals surface area contributed by atoms with E-state index in [0.29, 0.717) is 43.2 Å². The maximum atomic E-state index is 15.3. The van der Waals surface area contributed by atoms with Crippen molar-refractivity contribution < 1.29 is 23.1 Å². The average Bonchev–Trinajstić information content (AvgIpc) is 2.91. The summed E-state index contributed by atoms with van der Waals surface area (Å²) in [5.74, 6) is -1.53. The summed E-state index contributed by atoms with van der Waals surface area (Å²) in [7, 11) is 0. The first-order chi connectivity index (χ1) is 17.9. The van der Waals surface area contributed by atoms with E-state index in [1.165, 1.54) is 30.3 Å².